The lowest BCUT2D eigenvalue weighted by atomic mass is 10.2. The van der Waals surface area contributed by atoms with E-state index >= 15 is 0 Å². The summed E-state index contributed by atoms with van der Waals surface area (Å²) in [5.74, 6) is 2.06. The molecule has 2 heterocycles. The number of aryl methyl sites for hydroxylation is 1. The summed E-state index contributed by atoms with van der Waals surface area (Å²) < 4.78 is 6.20. The lowest BCUT2D eigenvalue weighted by molar-refractivity contribution is 0.575. The molecule has 0 aromatic carbocycles. The minimum atomic E-state index is 0.587. The van der Waals surface area contributed by atoms with E-state index in [-0.39, 0.29) is 0 Å². The number of hydrogen-bond donors (Lipinski definition) is 1. The van der Waals surface area contributed by atoms with Gasteiger partial charge in [0.05, 0.1) is 10.7 Å². The van der Waals surface area contributed by atoms with Crippen molar-refractivity contribution in [3.8, 4) is 11.6 Å². The van der Waals surface area contributed by atoms with E-state index in [1.165, 1.54) is 0 Å². The van der Waals surface area contributed by atoms with Crippen LogP contribution >= 0.6 is 15.9 Å². The number of nitrogens with one attached hydrogen (secondary N) is 1. The van der Waals surface area contributed by atoms with Crippen molar-refractivity contribution in [1.82, 2.24) is 9.97 Å². The van der Waals surface area contributed by atoms with Gasteiger partial charge in [-0.15, -0.1) is 0 Å². The van der Waals surface area contributed by atoms with Gasteiger partial charge in [0.1, 0.15) is 5.82 Å². The summed E-state index contributed by atoms with van der Waals surface area (Å²) in [7, 11) is 1.84. The van der Waals surface area contributed by atoms with Gasteiger partial charge in [-0.25, -0.2) is 9.97 Å². The van der Waals surface area contributed by atoms with E-state index in [2.05, 4.69) is 31.2 Å². The van der Waals surface area contributed by atoms with Gasteiger partial charge in [-0.05, 0) is 35.8 Å². The molecule has 0 spiro atoms. The molecule has 0 aliphatic rings. The van der Waals surface area contributed by atoms with Gasteiger partial charge in [-0.3, -0.25) is 0 Å². The molecule has 0 bridgehead atoms. The summed E-state index contributed by atoms with van der Waals surface area (Å²) in [6.45, 7) is 3.94. The fourth-order valence-electron chi connectivity index (χ4n) is 1.43. The molecular formula is C11H12BrN3O. The Bertz CT molecular complexity index is 522. The first-order valence-corrected chi connectivity index (χ1v) is 5.69. The van der Waals surface area contributed by atoms with Crippen molar-refractivity contribution in [3.63, 3.8) is 0 Å². The molecule has 16 heavy (non-hydrogen) atoms. The van der Waals surface area contributed by atoms with Crippen LogP contribution in [0.4, 0.5) is 5.82 Å². The average Bonchev–Trinajstić information content (AvgIpc) is 2.68. The Morgan fingerprint density at radius 2 is 2.06 bits per heavy atom. The predicted octanol–water partition coefficient (Wildman–Crippen LogP) is 3.16. The molecular weight excluding hydrogens is 270 g/mol. The summed E-state index contributed by atoms with van der Waals surface area (Å²) in [6, 6.07) is 1.83. The molecule has 0 saturated heterocycles. The number of halogens is 1. The van der Waals surface area contributed by atoms with Gasteiger partial charge >= 0.3 is 0 Å². The van der Waals surface area contributed by atoms with Crippen LogP contribution in [0.2, 0.25) is 0 Å². The maximum Gasteiger partial charge on any atom is 0.199 e. The van der Waals surface area contributed by atoms with Crippen molar-refractivity contribution in [1.29, 1.82) is 0 Å². The first-order valence-electron chi connectivity index (χ1n) is 4.90. The highest BCUT2D eigenvalue weighted by Gasteiger charge is 2.13. The van der Waals surface area contributed by atoms with E-state index in [0.717, 1.165) is 21.5 Å². The molecule has 0 radical (unpaired) electrons. The molecule has 4 nitrogen and oxygen atoms in total. The van der Waals surface area contributed by atoms with Crippen molar-refractivity contribution >= 4 is 21.7 Å². The Balaban J connectivity index is 2.59. The summed E-state index contributed by atoms with van der Waals surface area (Å²) in [5.41, 5.74) is 1.99. The Morgan fingerprint density at radius 1 is 1.31 bits per heavy atom. The molecule has 5 heteroatoms. The van der Waals surface area contributed by atoms with Crippen LogP contribution in [-0.2, 0) is 0 Å². The van der Waals surface area contributed by atoms with Crippen molar-refractivity contribution in [2.24, 2.45) is 0 Å². The second kappa shape index (κ2) is 4.25. The first kappa shape index (κ1) is 11.1. The number of furan rings is 1. The van der Waals surface area contributed by atoms with Gasteiger partial charge in [0.2, 0.25) is 0 Å². The second-order valence-corrected chi connectivity index (χ2v) is 4.31. The van der Waals surface area contributed by atoms with Crippen LogP contribution < -0.4 is 5.32 Å². The van der Waals surface area contributed by atoms with E-state index in [9.17, 15) is 0 Å². The zero-order chi connectivity index (χ0) is 11.7. The lowest BCUT2D eigenvalue weighted by Gasteiger charge is -2.08. The van der Waals surface area contributed by atoms with E-state index in [4.69, 9.17) is 4.42 Å². The van der Waals surface area contributed by atoms with Crippen LogP contribution in [0.1, 0.15) is 11.3 Å². The Kier molecular flexibility index (Phi) is 2.96. The maximum absolute atomic E-state index is 5.35. The van der Waals surface area contributed by atoms with Crippen LogP contribution in [0.5, 0.6) is 0 Å². The number of aromatic nitrogens is 2. The summed E-state index contributed by atoms with van der Waals surface area (Å²) in [6.07, 6.45) is 1.61. The highest BCUT2D eigenvalue weighted by atomic mass is 79.9. The van der Waals surface area contributed by atoms with E-state index in [0.29, 0.717) is 11.6 Å². The minimum absolute atomic E-state index is 0.587. The molecule has 2 aromatic rings. The molecule has 2 rings (SSSR count). The van der Waals surface area contributed by atoms with Gasteiger partial charge in [0.15, 0.2) is 11.6 Å². The highest BCUT2D eigenvalue weighted by molar-refractivity contribution is 9.10. The monoisotopic (exact) mass is 281 g/mol. The van der Waals surface area contributed by atoms with Crippen LogP contribution in [0.3, 0.4) is 0 Å². The third kappa shape index (κ3) is 1.82. The first-order chi connectivity index (χ1) is 7.63. The van der Waals surface area contributed by atoms with Crippen molar-refractivity contribution in [3.05, 3.63) is 28.1 Å². The van der Waals surface area contributed by atoms with Crippen molar-refractivity contribution in [2.45, 2.75) is 13.8 Å². The van der Waals surface area contributed by atoms with Crippen molar-refractivity contribution in [2.75, 3.05) is 12.4 Å². The Labute approximate surface area is 102 Å². The molecule has 1 N–H and O–H groups in total. The maximum atomic E-state index is 5.35. The molecule has 0 saturated carbocycles. The van der Waals surface area contributed by atoms with E-state index in [1.807, 2.05) is 27.0 Å². The molecule has 0 amide bonds. The summed E-state index contributed by atoms with van der Waals surface area (Å²) in [4.78, 5) is 8.82. The topological polar surface area (TPSA) is 51.0 Å². The quantitative estimate of drug-likeness (QED) is 0.919. The fraction of sp³-hybridized carbons (Fsp3) is 0.273. The normalized spacial score (nSPS) is 10.5. The number of hydrogen-bond acceptors (Lipinski definition) is 4. The standard InChI is InChI=1S/C11H12BrN3O/c1-6-7(2)14-11(15-10(6)13-3)9-8(12)4-5-16-9/h4-5H,1-3H3,(H,13,14,15). The molecule has 0 atom stereocenters. The van der Waals surface area contributed by atoms with E-state index < -0.39 is 0 Å². The summed E-state index contributed by atoms with van der Waals surface area (Å²) in [5, 5.41) is 3.05. The van der Waals surface area contributed by atoms with Crippen molar-refractivity contribution < 1.29 is 4.42 Å². The average molecular weight is 282 g/mol. The zero-order valence-electron chi connectivity index (χ0n) is 9.34. The Hall–Kier alpha value is -1.36. The Morgan fingerprint density at radius 3 is 2.62 bits per heavy atom. The van der Waals surface area contributed by atoms with E-state index in [1.54, 1.807) is 6.26 Å². The molecule has 2 aromatic heterocycles. The molecule has 84 valence electrons. The van der Waals surface area contributed by atoms with Gasteiger partial charge < -0.3 is 9.73 Å². The largest absolute Gasteiger partial charge is 0.460 e. The molecule has 0 aliphatic heterocycles. The molecule has 0 unspecified atom stereocenters. The molecule has 0 aliphatic carbocycles. The lowest BCUT2D eigenvalue weighted by Crippen LogP contribution is -2.02. The number of anilines is 1. The minimum Gasteiger partial charge on any atom is -0.460 e. The van der Waals surface area contributed by atoms with Gasteiger partial charge in [-0.1, -0.05) is 0 Å². The summed E-state index contributed by atoms with van der Waals surface area (Å²) >= 11 is 3.40. The number of nitrogens with zero attached hydrogens (tertiary/aromatic N) is 2. The smallest absolute Gasteiger partial charge is 0.199 e. The predicted molar refractivity (Wildman–Crippen MR) is 66.5 cm³/mol. The van der Waals surface area contributed by atoms with Gasteiger partial charge in [0, 0.05) is 18.3 Å². The third-order valence-corrected chi connectivity index (χ3v) is 3.07. The van der Waals surface area contributed by atoms with Crippen LogP contribution in [0, 0.1) is 13.8 Å². The van der Waals surface area contributed by atoms with Gasteiger partial charge in [-0.2, -0.15) is 0 Å². The highest BCUT2D eigenvalue weighted by Crippen LogP contribution is 2.28. The van der Waals surface area contributed by atoms with Gasteiger partial charge in [0.25, 0.3) is 0 Å². The molecule has 0 fully saturated rings. The fourth-order valence-corrected chi connectivity index (χ4v) is 1.81. The third-order valence-electron chi connectivity index (χ3n) is 2.45. The van der Waals surface area contributed by atoms with Crippen LogP contribution in [0.15, 0.2) is 21.2 Å². The second-order valence-electron chi connectivity index (χ2n) is 3.45. The SMILES string of the molecule is CNc1nc(-c2occc2Br)nc(C)c1C. The number of rotatable bonds is 2. The zero-order valence-corrected chi connectivity index (χ0v) is 10.9. The van der Waals surface area contributed by atoms with Crippen LogP contribution in [-0.4, -0.2) is 17.0 Å². The van der Waals surface area contributed by atoms with Crippen LogP contribution in [0.25, 0.3) is 11.6 Å².